The molecule has 2 heterocycles. The van der Waals surface area contributed by atoms with Crippen molar-refractivity contribution in [2.24, 2.45) is 5.73 Å². The second-order valence-corrected chi connectivity index (χ2v) is 4.74. The first-order valence-electron chi connectivity index (χ1n) is 6.06. The van der Waals surface area contributed by atoms with E-state index in [0.29, 0.717) is 19.3 Å². The van der Waals surface area contributed by atoms with Gasteiger partial charge in [-0.3, -0.25) is 14.5 Å². The van der Waals surface area contributed by atoms with Gasteiger partial charge in [-0.05, 0) is 30.0 Å². The van der Waals surface area contributed by atoms with Crippen molar-refractivity contribution in [1.29, 1.82) is 0 Å². The van der Waals surface area contributed by atoms with Crippen LogP contribution in [0.25, 0.3) is 6.08 Å². The summed E-state index contributed by atoms with van der Waals surface area (Å²) in [6.07, 6.45) is 5.31. The maximum atomic E-state index is 12.0. The molecule has 18 heavy (non-hydrogen) atoms. The average molecular weight is 242 g/mol. The molecule has 1 aromatic rings. The van der Waals surface area contributed by atoms with Crippen molar-refractivity contribution in [3.8, 4) is 0 Å². The highest BCUT2D eigenvalue weighted by Crippen LogP contribution is 2.42. The predicted octanol–water partition coefficient (Wildman–Crippen LogP) is 1.36. The van der Waals surface area contributed by atoms with E-state index in [1.165, 1.54) is 4.90 Å². The van der Waals surface area contributed by atoms with Crippen molar-refractivity contribution in [2.45, 2.75) is 24.8 Å². The molecule has 92 valence electrons. The topological polar surface area (TPSA) is 63.4 Å². The standard InChI is InChI=1S/C14H14N2O2/c15-13(18)14-8-3-6-12(17)16(14)9-7-10-4-1-2-5-11(10)14/h1-2,4-5,7,9H,3,6,8H2,(H2,15,18). The second kappa shape index (κ2) is 3.70. The van der Waals surface area contributed by atoms with E-state index in [1.807, 2.05) is 30.3 Å². The van der Waals surface area contributed by atoms with E-state index in [2.05, 4.69) is 0 Å². The highest BCUT2D eigenvalue weighted by Gasteiger charge is 2.50. The van der Waals surface area contributed by atoms with Crippen molar-refractivity contribution in [3.05, 3.63) is 41.6 Å². The summed E-state index contributed by atoms with van der Waals surface area (Å²) in [7, 11) is 0. The maximum Gasteiger partial charge on any atom is 0.248 e. The van der Waals surface area contributed by atoms with E-state index in [0.717, 1.165) is 11.1 Å². The molecule has 0 aromatic heterocycles. The van der Waals surface area contributed by atoms with Gasteiger partial charge in [0, 0.05) is 12.6 Å². The molecule has 2 N–H and O–H groups in total. The Hall–Kier alpha value is -2.10. The molecule has 1 aromatic carbocycles. The van der Waals surface area contributed by atoms with Crippen LogP contribution in [-0.4, -0.2) is 16.7 Å². The van der Waals surface area contributed by atoms with Crippen molar-refractivity contribution in [3.63, 3.8) is 0 Å². The molecule has 2 amide bonds. The minimum Gasteiger partial charge on any atom is -0.367 e. The Morgan fingerprint density at radius 1 is 1.33 bits per heavy atom. The second-order valence-electron chi connectivity index (χ2n) is 4.74. The molecule has 1 saturated heterocycles. The Morgan fingerprint density at radius 3 is 2.89 bits per heavy atom. The van der Waals surface area contributed by atoms with Crippen molar-refractivity contribution in [1.82, 2.24) is 4.90 Å². The van der Waals surface area contributed by atoms with Crippen LogP contribution in [0, 0.1) is 0 Å². The summed E-state index contributed by atoms with van der Waals surface area (Å²) in [5, 5.41) is 0. The molecule has 0 spiro atoms. The first-order valence-corrected chi connectivity index (χ1v) is 6.06. The summed E-state index contributed by atoms with van der Waals surface area (Å²) >= 11 is 0. The number of nitrogens with two attached hydrogens (primary N) is 1. The van der Waals surface area contributed by atoms with Gasteiger partial charge in [0.05, 0.1) is 0 Å². The zero-order valence-electron chi connectivity index (χ0n) is 9.93. The molecule has 2 aliphatic rings. The van der Waals surface area contributed by atoms with Gasteiger partial charge in [-0.15, -0.1) is 0 Å². The molecular weight excluding hydrogens is 228 g/mol. The largest absolute Gasteiger partial charge is 0.367 e. The Balaban J connectivity index is 2.26. The van der Waals surface area contributed by atoms with Crippen LogP contribution < -0.4 is 5.73 Å². The highest BCUT2D eigenvalue weighted by atomic mass is 16.2. The number of carbonyl (C=O) groups excluding carboxylic acids is 2. The van der Waals surface area contributed by atoms with Gasteiger partial charge in [-0.25, -0.2) is 0 Å². The zero-order valence-corrected chi connectivity index (χ0v) is 9.93. The van der Waals surface area contributed by atoms with Gasteiger partial charge in [0.25, 0.3) is 0 Å². The number of carbonyl (C=O) groups is 2. The Bertz CT molecular complexity index is 565. The molecular formula is C14H14N2O2. The lowest BCUT2D eigenvalue weighted by Gasteiger charge is -2.45. The van der Waals surface area contributed by atoms with Gasteiger partial charge in [0.15, 0.2) is 5.54 Å². The molecule has 0 aliphatic carbocycles. The van der Waals surface area contributed by atoms with Gasteiger partial charge < -0.3 is 5.73 Å². The molecule has 4 nitrogen and oxygen atoms in total. The van der Waals surface area contributed by atoms with Gasteiger partial charge in [-0.1, -0.05) is 24.3 Å². The van der Waals surface area contributed by atoms with E-state index in [4.69, 9.17) is 5.73 Å². The van der Waals surface area contributed by atoms with Gasteiger partial charge in [-0.2, -0.15) is 0 Å². The van der Waals surface area contributed by atoms with Crippen molar-refractivity contribution < 1.29 is 9.59 Å². The molecule has 2 aliphatic heterocycles. The summed E-state index contributed by atoms with van der Waals surface area (Å²) in [5.74, 6) is -0.488. The number of benzene rings is 1. The van der Waals surface area contributed by atoms with E-state index < -0.39 is 11.4 Å². The number of piperidine rings is 1. The molecule has 3 rings (SSSR count). The maximum absolute atomic E-state index is 12.0. The van der Waals surface area contributed by atoms with Crippen molar-refractivity contribution in [2.75, 3.05) is 0 Å². The minimum atomic E-state index is -0.985. The molecule has 4 heteroatoms. The third-order valence-corrected chi connectivity index (χ3v) is 3.83. The fourth-order valence-electron chi connectivity index (χ4n) is 2.97. The van der Waals surface area contributed by atoms with Crippen LogP contribution in [0.15, 0.2) is 30.5 Å². The molecule has 1 atom stereocenters. The number of rotatable bonds is 1. The summed E-state index contributed by atoms with van der Waals surface area (Å²) in [6, 6.07) is 7.61. The lowest BCUT2D eigenvalue weighted by atomic mass is 9.76. The molecule has 0 bridgehead atoms. The van der Waals surface area contributed by atoms with Crippen LogP contribution in [0.1, 0.15) is 30.4 Å². The average Bonchev–Trinajstić information content (AvgIpc) is 2.38. The molecule has 0 saturated carbocycles. The van der Waals surface area contributed by atoms with Gasteiger partial charge >= 0.3 is 0 Å². The summed E-state index contributed by atoms with van der Waals surface area (Å²) in [4.78, 5) is 25.5. The summed E-state index contributed by atoms with van der Waals surface area (Å²) in [6.45, 7) is 0. The molecule has 0 radical (unpaired) electrons. The zero-order chi connectivity index (χ0) is 12.8. The fraction of sp³-hybridized carbons (Fsp3) is 0.286. The quantitative estimate of drug-likeness (QED) is 0.808. The van der Waals surface area contributed by atoms with Crippen molar-refractivity contribution >= 4 is 17.9 Å². The lowest BCUT2D eigenvalue weighted by Crippen LogP contribution is -2.58. The first-order chi connectivity index (χ1) is 8.66. The third-order valence-electron chi connectivity index (χ3n) is 3.83. The number of hydrogen-bond acceptors (Lipinski definition) is 2. The van der Waals surface area contributed by atoms with Crippen LogP contribution >= 0.6 is 0 Å². The lowest BCUT2D eigenvalue weighted by molar-refractivity contribution is -0.147. The number of hydrogen-bond donors (Lipinski definition) is 1. The molecule has 1 fully saturated rings. The van der Waals surface area contributed by atoms with Crippen LogP contribution in [0.3, 0.4) is 0 Å². The monoisotopic (exact) mass is 242 g/mol. The Kier molecular flexibility index (Phi) is 2.26. The predicted molar refractivity (Wildman–Crippen MR) is 67.0 cm³/mol. The Morgan fingerprint density at radius 2 is 2.11 bits per heavy atom. The fourth-order valence-corrected chi connectivity index (χ4v) is 2.97. The number of primary amides is 1. The van der Waals surface area contributed by atoms with Crippen LogP contribution in [0.4, 0.5) is 0 Å². The molecule has 1 unspecified atom stereocenters. The smallest absolute Gasteiger partial charge is 0.248 e. The van der Waals surface area contributed by atoms with E-state index >= 15 is 0 Å². The third kappa shape index (κ3) is 1.26. The normalized spacial score (nSPS) is 25.6. The Labute approximate surface area is 105 Å². The van der Waals surface area contributed by atoms with Crippen LogP contribution in [0.5, 0.6) is 0 Å². The van der Waals surface area contributed by atoms with Crippen LogP contribution in [0.2, 0.25) is 0 Å². The van der Waals surface area contributed by atoms with Gasteiger partial charge in [0.1, 0.15) is 0 Å². The number of fused-ring (bicyclic) bond motifs is 3. The van der Waals surface area contributed by atoms with E-state index in [9.17, 15) is 9.59 Å². The van der Waals surface area contributed by atoms with Gasteiger partial charge in [0.2, 0.25) is 11.8 Å². The number of nitrogens with zero attached hydrogens (tertiary/aromatic N) is 1. The SMILES string of the molecule is NC(=O)C12CCCC(=O)N1C=Cc1ccccc12. The van der Waals surface area contributed by atoms with E-state index in [1.54, 1.807) is 6.20 Å². The highest BCUT2D eigenvalue weighted by molar-refractivity contribution is 5.95. The van der Waals surface area contributed by atoms with E-state index in [-0.39, 0.29) is 5.91 Å². The summed E-state index contributed by atoms with van der Waals surface area (Å²) < 4.78 is 0. The van der Waals surface area contributed by atoms with Crippen LogP contribution in [-0.2, 0) is 15.1 Å². The first kappa shape index (κ1) is 11.0. The number of amides is 2. The minimum absolute atomic E-state index is 0.0363. The summed E-state index contributed by atoms with van der Waals surface area (Å²) in [5.41, 5.74) is 6.44.